The fourth-order valence-electron chi connectivity index (χ4n) is 1.50. The van der Waals surface area contributed by atoms with Crippen molar-refractivity contribution in [2.75, 3.05) is 0 Å². The Bertz CT molecular complexity index is 386. The van der Waals surface area contributed by atoms with Crippen LogP contribution in [0.4, 0.5) is 0 Å². The average Bonchev–Trinajstić information content (AvgIpc) is 2.60. The second kappa shape index (κ2) is 3.90. The fourth-order valence-corrected chi connectivity index (χ4v) is 1.50. The van der Waals surface area contributed by atoms with Gasteiger partial charge in [-0.3, -0.25) is 4.79 Å². The summed E-state index contributed by atoms with van der Waals surface area (Å²) in [5, 5.41) is 9.25. The van der Waals surface area contributed by atoms with Crippen LogP contribution in [-0.4, -0.2) is 11.1 Å². The van der Waals surface area contributed by atoms with Crippen molar-refractivity contribution in [1.82, 2.24) is 0 Å². The first-order valence-electron chi connectivity index (χ1n) is 4.83. The number of phenolic OH excluding ortho intramolecular Hbond substituents is 1. The third-order valence-electron chi connectivity index (χ3n) is 2.30. The maximum atomic E-state index is 11.1. The zero-order valence-electron chi connectivity index (χ0n) is 8.40. The van der Waals surface area contributed by atoms with Crippen LogP contribution in [0, 0.1) is 0 Å². The van der Waals surface area contributed by atoms with Gasteiger partial charge >= 0.3 is 5.97 Å². The Balaban J connectivity index is 2.18. The molecule has 1 aliphatic heterocycles. The minimum Gasteiger partial charge on any atom is -0.508 e. The first kappa shape index (κ1) is 9.98. The van der Waals surface area contributed by atoms with E-state index in [4.69, 9.17) is 9.47 Å². The van der Waals surface area contributed by atoms with Crippen LogP contribution in [0.3, 0.4) is 0 Å². The summed E-state index contributed by atoms with van der Waals surface area (Å²) in [5.74, 6) is -0.0965. The molecule has 1 aliphatic rings. The molecule has 0 unspecified atom stereocenters. The normalized spacial score (nSPS) is 18.6. The van der Waals surface area contributed by atoms with Gasteiger partial charge in [-0.05, 0) is 23.8 Å². The predicted molar refractivity (Wildman–Crippen MR) is 52.0 cm³/mol. The van der Waals surface area contributed by atoms with E-state index >= 15 is 0 Å². The minimum absolute atomic E-state index is 0.194. The molecule has 2 rings (SSSR count). The number of carbonyl (C=O) groups excluding carboxylic acids is 1. The molecule has 4 nitrogen and oxygen atoms in total. The van der Waals surface area contributed by atoms with Crippen LogP contribution in [0.5, 0.6) is 5.75 Å². The van der Waals surface area contributed by atoms with Crippen molar-refractivity contribution >= 4 is 5.97 Å². The topological polar surface area (TPSA) is 55.8 Å². The number of rotatable bonds is 2. The van der Waals surface area contributed by atoms with Crippen LogP contribution in [0.25, 0.3) is 0 Å². The van der Waals surface area contributed by atoms with E-state index in [1.807, 2.05) is 0 Å². The number of phenols is 1. The van der Waals surface area contributed by atoms with Crippen molar-refractivity contribution in [2.24, 2.45) is 0 Å². The molecule has 0 radical (unpaired) electrons. The molecular weight excluding hydrogens is 196 g/mol. The molecule has 0 aliphatic carbocycles. The molecule has 0 saturated heterocycles. The van der Waals surface area contributed by atoms with E-state index in [9.17, 15) is 9.90 Å². The molecule has 1 N–H and O–H groups in total. The molecule has 4 heteroatoms. The molecule has 1 atom stereocenters. The van der Waals surface area contributed by atoms with E-state index < -0.39 is 6.29 Å². The SMILES string of the molecule is CCC(=O)O[C@@H]1OCc2cc(O)ccc21. The Kier molecular flexibility index (Phi) is 2.60. The number of ether oxygens (including phenoxy) is 2. The van der Waals surface area contributed by atoms with Gasteiger partial charge in [0.15, 0.2) is 0 Å². The van der Waals surface area contributed by atoms with E-state index in [0.717, 1.165) is 11.1 Å². The van der Waals surface area contributed by atoms with Crippen LogP contribution in [0.2, 0.25) is 0 Å². The first-order valence-corrected chi connectivity index (χ1v) is 4.83. The molecule has 0 aromatic heterocycles. The molecule has 15 heavy (non-hydrogen) atoms. The third-order valence-corrected chi connectivity index (χ3v) is 2.30. The van der Waals surface area contributed by atoms with Crippen LogP contribution in [0.15, 0.2) is 18.2 Å². The lowest BCUT2D eigenvalue weighted by atomic mass is 10.1. The van der Waals surface area contributed by atoms with Crippen molar-refractivity contribution in [1.29, 1.82) is 0 Å². The van der Waals surface area contributed by atoms with Gasteiger partial charge in [0.1, 0.15) is 5.75 Å². The van der Waals surface area contributed by atoms with Gasteiger partial charge < -0.3 is 14.6 Å². The van der Waals surface area contributed by atoms with Gasteiger partial charge in [-0.25, -0.2) is 0 Å². The summed E-state index contributed by atoms with van der Waals surface area (Å²) in [5.41, 5.74) is 1.68. The van der Waals surface area contributed by atoms with Crippen LogP contribution in [0.1, 0.15) is 30.8 Å². The van der Waals surface area contributed by atoms with Crippen molar-refractivity contribution in [3.63, 3.8) is 0 Å². The van der Waals surface area contributed by atoms with Crippen molar-refractivity contribution in [3.05, 3.63) is 29.3 Å². The fraction of sp³-hybridized carbons (Fsp3) is 0.364. The van der Waals surface area contributed by atoms with Crippen molar-refractivity contribution in [3.8, 4) is 5.75 Å². The third kappa shape index (κ3) is 1.94. The average molecular weight is 208 g/mol. The van der Waals surface area contributed by atoms with E-state index in [-0.39, 0.29) is 11.7 Å². The van der Waals surface area contributed by atoms with Crippen molar-refractivity contribution in [2.45, 2.75) is 26.2 Å². The second-order valence-corrected chi connectivity index (χ2v) is 3.37. The highest BCUT2D eigenvalue weighted by Gasteiger charge is 2.26. The lowest BCUT2D eigenvalue weighted by molar-refractivity contribution is -0.177. The van der Waals surface area contributed by atoms with Gasteiger partial charge in [0.2, 0.25) is 6.29 Å². The van der Waals surface area contributed by atoms with E-state index in [2.05, 4.69) is 0 Å². The predicted octanol–water partition coefficient (Wildman–Crippen LogP) is 1.87. The van der Waals surface area contributed by atoms with Crippen molar-refractivity contribution < 1.29 is 19.4 Å². The molecule has 1 aromatic rings. The highest BCUT2D eigenvalue weighted by molar-refractivity contribution is 5.69. The van der Waals surface area contributed by atoms with Gasteiger partial charge in [-0.1, -0.05) is 6.92 Å². The Morgan fingerprint density at radius 1 is 1.67 bits per heavy atom. The molecule has 0 fully saturated rings. The zero-order valence-corrected chi connectivity index (χ0v) is 8.40. The largest absolute Gasteiger partial charge is 0.508 e. The number of carbonyl (C=O) groups is 1. The molecule has 1 aromatic carbocycles. The minimum atomic E-state index is -0.618. The maximum Gasteiger partial charge on any atom is 0.308 e. The summed E-state index contributed by atoms with van der Waals surface area (Å²) in [6.07, 6.45) is -0.291. The number of esters is 1. The van der Waals surface area contributed by atoms with Crippen LogP contribution in [-0.2, 0) is 20.9 Å². The van der Waals surface area contributed by atoms with Gasteiger partial charge in [0.25, 0.3) is 0 Å². The highest BCUT2D eigenvalue weighted by Crippen LogP contribution is 2.33. The van der Waals surface area contributed by atoms with E-state index in [1.54, 1.807) is 25.1 Å². The standard InChI is InChI=1S/C11H12O4/c1-2-10(13)15-11-9-4-3-8(12)5-7(9)6-14-11/h3-5,11-12H,2,6H2,1H3/t11-/m0/s1. The Hall–Kier alpha value is -1.55. The summed E-state index contributed by atoms with van der Waals surface area (Å²) in [6.45, 7) is 2.10. The number of fused-ring (bicyclic) bond motifs is 1. The summed E-state index contributed by atoms with van der Waals surface area (Å²) in [6, 6.07) is 4.89. The maximum absolute atomic E-state index is 11.1. The lowest BCUT2D eigenvalue weighted by Crippen LogP contribution is -2.08. The van der Waals surface area contributed by atoms with E-state index in [1.165, 1.54) is 0 Å². The molecule has 0 bridgehead atoms. The summed E-state index contributed by atoms with van der Waals surface area (Å²) >= 11 is 0. The monoisotopic (exact) mass is 208 g/mol. The zero-order chi connectivity index (χ0) is 10.8. The van der Waals surface area contributed by atoms with E-state index in [0.29, 0.717) is 13.0 Å². The number of aromatic hydroxyl groups is 1. The molecule has 1 heterocycles. The summed E-state index contributed by atoms with van der Waals surface area (Å²) < 4.78 is 10.4. The Labute approximate surface area is 87.4 Å². The quantitative estimate of drug-likeness (QED) is 0.754. The molecule has 0 saturated carbocycles. The number of hydrogen-bond acceptors (Lipinski definition) is 4. The Morgan fingerprint density at radius 2 is 2.47 bits per heavy atom. The van der Waals surface area contributed by atoms with Gasteiger partial charge in [-0.2, -0.15) is 0 Å². The van der Waals surface area contributed by atoms with Crippen LogP contribution < -0.4 is 0 Å². The van der Waals surface area contributed by atoms with Gasteiger partial charge in [-0.15, -0.1) is 0 Å². The molecule has 0 spiro atoms. The van der Waals surface area contributed by atoms with Gasteiger partial charge in [0.05, 0.1) is 6.61 Å². The lowest BCUT2D eigenvalue weighted by Gasteiger charge is -2.11. The smallest absolute Gasteiger partial charge is 0.308 e. The highest BCUT2D eigenvalue weighted by atomic mass is 16.7. The molecule has 0 amide bonds. The second-order valence-electron chi connectivity index (χ2n) is 3.37. The molecular formula is C11H12O4. The number of hydrogen-bond donors (Lipinski definition) is 1. The Morgan fingerprint density at radius 3 is 3.20 bits per heavy atom. The van der Waals surface area contributed by atoms with Gasteiger partial charge in [0, 0.05) is 12.0 Å². The van der Waals surface area contributed by atoms with Crippen LogP contribution >= 0.6 is 0 Å². The molecule has 80 valence electrons. The summed E-state index contributed by atoms with van der Waals surface area (Å²) in [7, 11) is 0. The first-order chi connectivity index (χ1) is 7.20. The number of benzene rings is 1. The summed E-state index contributed by atoms with van der Waals surface area (Å²) in [4.78, 5) is 11.1.